The minimum atomic E-state index is -4.35. The third-order valence-corrected chi connectivity index (χ3v) is 5.43. The molecule has 0 bridgehead atoms. The van der Waals surface area contributed by atoms with Gasteiger partial charge in [-0.2, -0.15) is 24.9 Å². The van der Waals surface area contributed by atoms with Gasteiger partial charge in [-0.3, -0.25) is 0 Å². The van der Waals surface area contributed by atoms with E-state index in [2.05, 4.69) is 24.1 Å². The number of aromatic nitrogens is 1. The Bertz CT molecular complexity index is 439. The van der Waals surface area contributed by atoms with Crippen LogP contribution in [0.1, 0.15) is 42.3 Å². The molecule has 1 heterocycles. The lowest BCUT2D eigenvalue weighted by molar-refractivity contribution is -0.141. The van der Waals surface area contributed by atoms with E-state index >= 15 is 0 Å². The molecule has 0 atom stereocenters. The number of nitrogens with one attached hydrogen (secondary N) is 1. The van der Waals surface area contributed by atoms with Gasteiger partial charge >= 0.3 is 6.18 Å². The molecule has 1 aliphatic rings. The zero-order valence-corrected chi connectivity index (χ0v) is 13.2. The van der Waals surface area contributed by atoms with E-state index in [4.69, 9.17) is 0 Å². The molecule has 1 aliphatic carbocycles. The summed E-state index contributed by atoms with van der Waals surface area (Å²) in [6.07, 6.45) is -2.22. The van der Waals surface area contributed by atoms with Crippen LogP contribution in [0.2, 0.25) is 0 Å². The van der Waals surface area contributed by atoms with Gasteiger partial charge in [0.1, 0.15) is 5.01 Å². The number of thioether (sulfide) groups is 1. The number of rotatable bonds is 7. The highest BCUT2D eigenvalue weighted by Crippen LogP contribution is 2.36. The highest BCUT2D eigenvalue weighted by Gasteiger charge is 2.37. The molecule has 1 N–H and O–H groups in total. The number of alkyl halides is 3. The lowest BCUT2D eigenvalue weighted by Crippen LogP contribution is -2.18. The van der Waals surface area contributed by atoms with E-state index in [1.165, 1.54) is 11.3 Å². The fourth-order valence-electron chi connectivity index (χ4n) is 1.71. The summed E-state index contributed by atoms with van der Waals surface area (Å²) in [6, 6.07) is 0.400. The Balaban J connectivity index is 2.01. The van der Waals surface area contributed by atoms with E-state index < -0.39 is 11.9 Å². The molecule has 1 aromatic heterocycles. The van der Waals surface area contributed by atoms with Crippen molar-refractivity contribution in [3.63, 3.8) is 0 Å². The van der Waals surface area contributed by atoms with Crippen LogP contribution >= 0.6 is 23.1 Å². The maximum Gasteiger partial charge on any atom is 0.434 e. The third-order valence-electron chi connectivity index (χ3n) is 2.82. The second-order valence-electron chi connectivity index (χ2n) is 5.44. The predicted octanol–water partition coefficient (Wildman–Crippen LogP) is 4.30. The molecule has 0 radical (unpaired) electrons. The van der Waals surface area contributed by atoms with Gasteiger partial charge in [0.25, 0.3) is 0 Å². The van der Waals surface area contributed by atoms with Crippen molar-refractivity contribution in [3.8, 4) is 0 Å². The Morgan fingerprint density at radius 3 is 2.65 bits per heavy atom. The molecule has 1 fully saturated rings. The van der Waals surface area contributed by atoms with E-state index in [1.807, 2.05) is 0 Å². The largest absolute Gasteiger partial charge is 0.434 e. The van der Waals surface area contributed by atoms with E-state index in [0.717, 1.165) is 18.6 Å². The Morgan fingerprint density at radius 2 is 2.10 bits per heavy atom. The van der Waals surface area contributed by atoms with Crippen LogP contribution in [0, 0.1) is 5.92 Å². The van der Waals surface area contributed by atoms with E-state index in [1.54, 1.807) is 11.8 Å². The molecule has 2 nitrogen and oxygen atoms in total. The number of thiazole rings is 1. The third kappa shape index (κ3) is 4.93. The molecule has 7 heteroatoms. The summed E-state index contributed by atoms with van der Waals surface area (Å²) >= 11 is 2.84. The lowest BCUT2D eigenvalue weighted by Gasteiger charge is -2.06. The minimum absolute atomic E-state index is 0.284. The van der Waals surface area contributed by atoms with E-state index in [0.29, 0.717) is 27.6 Å². The molecule has 0 aliphatic heterocycles. The summed E-state index contributed by atoms with van der Waals surface area (Å²) in [7, 11) is 0. The summed E-state index contributed by atoms with van der Waals surface area (Å²) in [5, 5.41) is 3.72. The van der Waals surface area contributed by atoms with Crippen LogP contribution in [-0.4, -0.2) is 16.8 Å². The maximum absolute atomic E-state index is 13.0. The van der Waals surface area contributed by atoms with Gasteiger partial charge in [-0.15, -0.1) is 11.3 Å². The predicted molar refractivity (Wildman–Crippen MR) is 78.0 cm³/mol. The summed E-state index contributed by atoms with van der Waals surface area (Å²) in [4.78, 5) is 4.13. The van der Waals surface area contributed by atoms with E-state index in [-0.39, 0.29) is 6.54 Å². The maximum atomic E-state index is 13.0. The first kappa shape index (κ1) is 16.1. The Kier molecular flexibility index (Phi) is 5.36. The standard InChI is InChI=1S/C13H19F3N2S2/c1-8(2)6-19-7-11-18-12(13(14,15)16)10(20-11)5-17-9-3-4-9/h8-9,17H,3-7H2,1-2H3. The van der Waals surface area contributed by atoms with Crippen LogP contribution in [0.3, 0.4) is 0 Å². The van der Waals surface area contributed by atoms with Crippen LogP contribution in [0.15, 0.2) is 0 Å². The van der Waals surface area contributed by atoms with Crippen molar-refractivity contribution in [3.05, 3.63) is 15.6 Å². The van der Waals surface area contributed by atoms with Crippen LogP contribution in [0.25, 0.3) is 0 Å². The first-order chi connectivity index (χ1) is 9.36. The molecule has 0 saturated heterocycles. The summed E-state index contributed by atoms with van der Waals surface area (Å²) in [5.41, 5.74) is -0.698. The molecular formula is C13H19F3N2S2. The first-order valence-corrected chi connectivity index (χ1v) is 8.70. The van der Waals surface area contributed by atoms with Crippen LogP contribution in [-0.2, 0) is 18.5 Å². The Morgan fingerprint density at radius 1 is 1.40 bits per heavy atom. The van der Waals surface area contributed by atoms with Gasteiger partial charge in [0.05, 0.1) is 4.88 Å². The van der Waals surface area contributed by atoms with Gasteiger partial charge in [0, 0.05) is 18.3 Å². The average Bonchev–Trinajstić information content (AvgIpc) is 3.05. The van der Waals surface area contributed by atoms with Gasteiger partial charge in [0.2, 0.25) is 0 Å². The number of nitrogens with zero attached hydrogens (tertiary/aromatic N) is 1. The monoisotopic (exact) mass is 324 g/mol. The van der Waals surface area contributed by atoms with Crippen molar-refractivity contribution in [2.45, 2.75) is 51.2 Å². The lowest BCUT2D eigenvalue weighted by atomic mass is 10.3. The summed E-state index contributed by atoms with van der Waals surface area (Å²) < 4.78 is 38.9. The zero-order valence-electron chi connectivity index (χ0n) is 11.6. The molecule has 0 unspecified atom stereocenters. The summed E-state index contributed by atoms with van der Waals surface area (Å²) in [6.45, 7) is 4.48. The van der Waals surface area contributed by atoms with Gasteiger partial charge in [-0.05, 0) is 24.5 Å². The number of hydrogen-bond donors (Lipinski definition) is 1. The Labute approximate surface area is 125 Å². The van der Waals surface area contributed by atoms with Crippen molar-refractivity contribution < 1.29 is 13.2 Å². The fraction of sp³-hybridized carbons (Fsp3) is 0.769. The number of hydrogen-bond acceptors (Lipinski definition) is 4. The second kappa shape index (κ2) is 6.66. The molecule has 0 amide bonds. The molecule has 114 valence electrons. The average molecular weight is 324 g/mol. The zero-order chi connectivity index (χ0) is 14.8. The van der Waals surface area contributed by atoms with Crippen molar-refractivity contribution in [2.24, 2.45) is 5.92 Å². The van der Waals surface area contributed by atoms with Gasteiger partial charge in [-0.1, -0.05) is 13.8 Å². The normalized spacial score (nSPS) is 16.1. The first-order valence-electron chi connectivity index (χ1n) is 6.73. The topological polar surface area (TPSA) is 24.9 Å². The molecule has 1 aromatic rings. The number of halogens is 3. The molecule has 2 rings (SSSR count). The SMILES string of the molecule is CC(C)CSCc1nc(C(F)(F)F)c(CNC2CC2)s1. The molecule has 20 heavy (non-hydrogen) atoms. The van der Waals surface area contributed by atoms with Crippen molar-refractivity contribution in [2.75, 3.05) is 5.75 Å². The Hall–Kier alpha value is -0.270. The van der Waals surface area contributed by atoms with Gasteiger partial charge in [0.15, 0.2) is 5.69 Å². The molecule has 0 aromatic carbocycles. The summed E-state index contributed by atoms with van der Waals surface area (Å²) in [5.74, 6) is 2.05. The van der Waals surface area contributed by atoms with Gasteiger partial charge in [-0.25, -0.2) is 4.98 Å². The van der Waals surface area contributed by atoms with Crippen molar-refractivity contribution in [1.29, 1.82) is 0 Å². The van der Waals surface area contributed by atoms with E-state index in [9.17, 15) is 13.2 Å². The smallest absolute Gasteiger partial charge is 0.309 e. The fourth-order valence-corrected chi connectivity index (χ4v) is 3.86. The quantitative estimate of drug-likeness (QED) is 0.809. The molecular weight excluding hydrogens is 305 g/mol. The highest BCUT2D eigenvalue weighted by molar-refractivity contribution is 7.98. The molecule has 0 spiro atoms. The minimum Gasteiger partial charge on any atom is -0.309 e. The molecule has 1 saturated carbocycles. The van der Waals surface area contributed by atoms with Crippen molar-refractivity contribution in [1.82, 2.24) is 10.3 Å². The van der Waals surface area contributed by atoms with Crippen molar-refractivity contribution >= 4 is 23.1 Å². The van der Waals surface area contributed by atoms with Crippen LogP contribution < -0.4 is 5.32 Å². The van der Waals surface area contributed by atoms with Crippen LogP contribution in [0.5, 0.6) is 0 Å². The highest BCUT2D eigenvalue weighted by atomic mass is 32.2. The van der Waals surface area contributed by atoms with Crippen LogP contribution in [0.4, 0.5) is 13.2 Å². The second-order valence-corrected chi connectivity index (χ2v) is 7.64. The van der Waals surface area contributed by atoms with Gasteiger partial charge < -0.3 is 5.32 Å².